The largest absolute Gasteiger partial charge is 0.343 e. The van der Waals surface area contributed by atoms with Crippen LogP contribution in [0.2, 0.25) is 0 Å². The van der Waals surface area contributed by atoms with Crippen molar-refractivity contribution in [3.63, 3.8) is 0 Å². The van der Waals surface area contributed by atoms with Crippen molar-refractivity contribution in [1.82, 2.24) is 20.3 Å². The molecule has 0 amide bonds. The normalized spacial score (nSPS) is 12.9. The summed E-state index contributed by atoms with van der Waals surface area (Å²) in [6, 6.07) is 0. The molecule has 2 aromatic rings. The molecule has 0 saturated heterocycles. The lowest BCUT2D eigenvalue weighted by Crippen LogP contribution is -2.26. The third-order valence-electron chi connectivity index (χ3n) is 3.47. The van der Waals surface area contributed by atoms with E-state index in [-0.39, 0.29) is 10.8 Å². The van der Waals surface area contributed by atoms with Crippen LogP contribution >= 0.6 is 0 Å². The molecule has 0 aliphatic rings. The van der Waals surface area contributed by atoms with E-state index >= 15 is 0 Å². The van der Waals surface area contributed by atoms with Crippen LogP contribution in [0.25, 0.3) is 0 Å². The van der Waals surface area contributed by atoms with Gasteiger partial charge in [-0.1, -0.05) is 38.0 Å². The monoisotopic (exact) mass is 264 g/mol. The zero-order valence-corrected chi connectivity index (χ0v) is 12.1. The van der Waals surface area contributed by atoms with Crippen molar-refractivity contribution in [3.8, 4) is 0 Å². The van der Waals surface area contributed by atoms with Crippen molar-refractivity contribution in [2.24, 2.45) is 0 Å². The van der Waals surface area contributed by atoms with Crippen LogP contribution in [0.15, 0.2) is 15.4 Å². The van der Waals surface area contributed by atoms with Gasteiger partial charge >= 0.3 is 0 Å². The van der Waals surface area contributed by atoms with Crippen molar-refractivity contribution in [1.29, 1.82) is 0 Å². The molecule has 0 aliphatic carbocycles. The first kappa shape index (κ1) is 13.7. The van der Waals surface area contributed by atoms with Gasteiger partial charge in [-0.2, -0.15) is 9.97 Å². The van der Waals surface area contributed by atoms with Gasteiger partial charge in [0.2, 0.25) is 12.3 Å². The van der Waals surface area contributed by atoms with Gasteiger partial charge in [-0.15, -0.1) is 0 Å². The summed E-state index contributed by atoms with van der Waals surface area (Å²) in [5.41, 5.74) is -0.276. The molecule has 0 bridgehead atoms. The van der Waals surface area contributed by atoms with Gasteiger partial charge in [-0.3, -0.25) is 0 Å². The molecule has 19 heavy (non-hydrogen) atoms. The Morgan fingerprint density at radius 3 is 2.11 bits per heavy atom. The Balaban J connectivity index is 2.05. The maximum Gasteiger partial charge on any atom is 0.223 e. The highest BCUT2D eigenvalue weighted by Gasteiger charge is 2.32. The molecule has 0 saturated carbocycles. The molecule has 2 heterocycles. The first-order valence-corrected chi connectivity index (χ1v) is 6.39. The Labute approximate surface area is 112 Å². The van der Waals surface area contributed by atoms with Gasteiger partial charge in [0.05, 0.1) is 0 Å². The van der Waals surface area contributed by atoms with Gasteiger partial charge < -0.3 is 9.05 Å². The Hall–Kier alpha value is -1.72. The Morgan fingerprint density at radius 1 is 1.00 bits per heavy atom. The molecule has 0 unspecified atom stereocenters. The van der Waals surface area contributed by atoms with Crippen molar-refractivity contribution < 1.29 is 9.05 Å². The first-order chi connectivity index (χ1) is 8.81. The summed E-state index contributed by atoms with van der Waals surface area (Å²) < 4.78 is 9.87. The van der Waals surface area contributed by atoms with Crippen molar-refractivity contribution in [2.45, 2.75) is 58.3 Å². The van der Waals surface area contributed by atoms with Crippen molar-refractivity contribution in [2.75, 3.05) is 0 Å². The van der Waals surface area contributed by atoms with E-state index in [1.54, 1.807) is 6.92 Å². The summed E-state index contributed by atoms with van der Waals surface area (Å²) in [6.07, 6.45) is 3.19. The van der Waals surface area contributed by atoms with Crippen molar-refractivity contribution in [3.05, 3.63) is 23.9 Å². The second-order valence-corrected chi connectivity index (χ2v) is 6.16. The average Bonchev–Trinajstić information content (AvgIpc) is 2.97. The summed E-state index contributed by atoms with van der Waals surface area (Å²) in [5.74, 6) is 2.07. The van der Waals surface area contributed by atoms with E-state index in [0.29, 0.717) is 5.89 Å². The van der Waals surface area contributed by atoms with Gasteiger partial charge in [-0.25, -0.2) is 0 Å². The SMILES string of the molecule is Cc1nc(C(C)(C)CCC(C)(C)c2ncon2)no1. The van der Waals surface area contributed by atoms with E-state index in [1.807, 2.05) is 0 Å². The maximum absolute atomic E-state index is 5.05. The lowest BCUT2D eigenvalue weighted by Gasteiger charge is -2.26. The molecule has 0 fully saturated rings. The number of nitrogens with zero attached hydrogens (tertiary/aromatic N) is 4. The van der Waals surface area contributed by atoms with Gasteiger partial charge in [0.25, 0.3) is 0 Å². The topological polar surface area (TPSA) is 77.8 Å². The maximum atomic E-state index is 5.05. The van der Waals surface area contributed by atoms with Gasteiger partial charge in [0.1, 0.15) is 0 Å². The molecule has 6 nitrogen and oxygen atoms in total. The highest BCUT2D eigenvalue weighted by molar-refractivity contribution is 5.06. The van der Waals surface area contributed by atoms with E-state index < -0.39 is 0 Å². The molecule has 0 atom stereocenters. The lowest BCUT2D eigenvalue weighted by atomic mass is 9.78. The quantitative estimate of drug-likeness (QED) is 0.826. The number of hydrogen-bond acceptors (Lipinski definition) is 6. The summed E-state index contributed by atoms with van der Waals surface area (Å²) in [6.45, 7) is 10.2. The molecule has 2 rings (SSSR count). The number of rotatable bonds is 5. The van der Waals surface area contributed by atoms with E-state index in [2.05, 4.69) is 48.0 Å². The second-order valence-electron chi connectivity index (χ2n) is 6.16. The van der Waals surface area contributed by atoms with E-state index in [4.69, 9.17) is 9.05 Å². The zero-order valence-electron chi connectivity index (χ0n) is 12.1. The zero-order chi connectivity index (χ0) is 14.1. The molecule has 6 heteroatoms. The molecule has 0 aromatic carbocycles. The van der Waals surface area contributed by atoms with E-state index in [9.17, 15) is 0 Å². The third kappa shape index (κ3) is 3.00. The van der Waals surface area contributed by atoms with Crippen LogP contribution in [-0.2, 0) is 10.8 Å². The molecule has 0 spiro atoms. The molecule has 2 aromatic heterocycles. The smallest absolute Gasteiger partial charge is 0.223 e. The Morgan fingerprint density at radius 2 is 1.63 bits per heavy atom. The summed E-state index contributed by atoms with van der Waals surface area (Å²) in [5, 5.41) is 7.94. The highest BCUT2D eigenvalue weighted by Crippen LogP contribution is 2.33. The Bertz CT molecular complexity index is 529. The molecule has 0 N–H and O–H groups in total. The summed E-state index contributed by atoms with van der Waals surface area (Å²) in [4.78, 5) is 8.46. The lowest BCUT2D eigenvalue weighted by molar-refractivity contribution is 0.321. The Kier molecular flexibility index (Phi) is 3.43. The molecule has 0 aliphatic heterocycles. The molecule has 0 radical (unpaired) electrons. The third-order valence-corrected chi connectivity index (χ3v) is 3.47. The minimum atomic E-state index is -0.140. The number of aryl methyl sites for hydroxylation is 1. The molecular formula is C13H20N4O2. The number of aromatic nitrogens is 4. The van der Waals surface area contributed by atoms with Crippen LogP contribution in [-0.4, -0.2) is 20.3 Å². The number of hydrogen-bond donors (Lipinski definition) is 0. The summed E-state index contributed by atoms with van der Waals surface area (Å²) in [7, 11) is 0. The average molecular weight is 264 g/mol. The highest BCUT2D eigenvalue weighted by atomic mass is 16.5. The van der Waals surface area contributed by atoms with Gasteiger partial charge in [0, 0.05) is 17.8 Å². The van der Waals surface area contributed by atoms with E-state index in [1.165, 1.54) is 6.39 Å². The van der Waals surface area contributed by atoms with Crippen LogP contribution < -0.4 is 0 Å². The summed E-state index contributed by atoms with van der Waals surface area (Å²) >= 11 is 0. The van der Waals surface area contributed by atoms with Gasteiger partial charge in [0.15, 0.2) is 11.6 Å². The van der Waals surface area contributed by atoms with Crippen molar-refractivity contribution >= 4 is 0 Å². The fourth-order valence-electron chi connectivity index (χ4n) is 1.89. The van der Waals surface area contributed by atoms with Crippen LogP contribution in [0.5, 0.6) is 0 Å². The van der Waals surface area contributed by atoms with Gasteiger partial charge in [-0.05, 0) is 12.8 Å². The van der Waals surface area contributed by atoms with Crippen LogP contribution in [0.4, 0.5) is 0 Å². The molecule has 104 valence electrons. The first-order valence-electron chi connectivity index (χ1n) is 6.39. The minimum absolute atomic E-state index is 0.136. The second kappa shape index (κ2) is 4.75. The predicted octanol–water partition coefficient (Wildman–Crippen LogP) is 2.80. The van der Waals surface area contributed by atoms with Crippen LogP contribution in [0, 0.1) is 6.92 Å². The molecular weight excluding hydrogens is 244 g/mol. The predicted molar refractivity (Wildman–Crippen MR) is 68.6 cm³/mol. The minimum Gasteiger partial charge on any atom is -0.343 e. The fraction of sp³-hybridized carbons (Fsp3) is 0.692. The standard InChI is InChI=1S/C13H20N4O2/c1-9-15-11(17-19-9)13(4,5)7-6-12(2,3)10-14-8-18-16-10/h8H,6-7H2,1-5H3. The van der Waals surface area contributed by atoms with Crippen LogP contribution in [0.3, 0.4) is 0 Å². The van der Waals surface area contributed by atoms with Crippen LogP contribution in [0.1, 0.15) is 58.1 Å². The van der Waals surface area contributed by atoms with E-state index in [0.717, 1.165) is 24.5 Å². The fourth-order valence-corrected chi connectivity index (χ4v) is 1.89.